The molecule has 1 aliphatic rings. The summed E-state index contributed by atoms with van der Waals surface area (Å²) in [5, 5.41) is 8.89. The fourth-order valence-electron chi connectivity index (χ4n) is 2.31. The van der Waals surface area contributed by atoms with E-state index in [-0.39, 0.29) is 11.5 Å². The molecule has 0 unspecified atom stereocenters. The van der Waals surface area contributed by atoms with Gasteiger partial charge in [-0.2, -0.15) is 13.2 Å². The van der Waals surface area contributed by atoms with Gasteiger partial charge in [0.2, 0.25) is 5.91 Å². The van der Waals surface area contributed by atoms with Gasteiger partial charge in [0.05, 0.1) is 6.04 Å². The molecule has 1 amide bonds. The first-order chi connectivity index (χ1) is 9.32. The third-order valence-electron chi connectivity index (χ3n) is 3.17. The molecule has 0 spiro atoms. The van der Waals surface area contributed by atoms with Crippen LogP contribution in [0, 0.1) is 6.92 Å². The third kappa shape index (κ3) is 2.90. The average molecular weight is 289 g/mol. The van der Waals surface area contributed by atoms with E-state index in [4.69, 9.17) is 5.11 Å². The quantitative estimate of drug-likeness (QED) is 0.895. The van der Waals surface area contributed by atoms with Crippen molar-refractivity contribution < 1.29 is 23.1 Å². The molecule has 2 heterocycles. The summed E-state index contributed by atoms with van der Waals surface area (Å²) in [6, 6.07) is 0.270. The zero-order chi connectivity index (χ0) is 14.9. The summed E-state index contributed by atoms with van der Waals surface area (Å²) in [5.74, 6) is -0.539. The average Bonchev–Trinajstić information content (AvgIpc) is 2.85. The molecular weight excluding hydrogens is 275 g/mol. The SMILES string of the molecule is Cc1cc(C(F)(F)F)nc([C@@H]2CCCN2C(=O)CO)n1. The molecule has 1 fully saturated rings. The predicted molar refractivity (Wildman–Crippen MR) is 62.5 cm³/mol. The van der Waals surface area contributed by atoms with E-state index in [1.807, 2.05) is 0 Å². The highest BCUT2D eigenvalue weighted by Gasteiger charge is 2.36. The third-order valence-corrected chi connectivity index (χ3v) is 3.17. The lowest BCUT2D eigenvalue weighted by atomic mass is 10.2. The van der Waals surface area contributed by atoms with Gasteiger partial charge in [0, 0.05) is 12.2 Å². The standard InChI is InChI=1S/C12H14F3N3O2/c1-7-5-9(12(13,14)15)17-11(16-7)8-3-2-4-18(8)10(20)6-19/h5,8,19H,2-4,6H2,1H3/t8-/m0/s1. The summed E-state index contributed by atoms with van der Waals surface area (Å²) in [4.78, 5) is 20.4. The molecule has 1 aromatic heterocycles. The minimum atomic E-state index is -4.55. The number of aromatic nitrogens is 2. The van der Waals surface area contributed by atoms with E-state index in [2.05, 4.69) is 9.97 Å². The molecule has 0 aromatic carbocycles. The van der Waals surface area contributed by atoms with E-state index in [0.717, 1.165) is 6.07 Å². The number of rotatable bonds is 2. The first-order valence-corrected chi connectivity index (χ1v) is 6.16. The Kier molecular flexibility index (Phi) is 3.94. The molecule has 1 atom stereocenters. The van der Waals surface area contributed by atoms with Crippen molar-refractivity contribution >= 4 is 5.91 Å². The second kappa shape index (κ2) is 5.35. The highest BCUT2D eigenvalue weighted by Crippen LogP contribution is 2.33. The van der Waals surface area contributed by atoms with Crippen LogP contribution in [0.3, 0.4) is 0 Å². The van der Waals surface area contributed by atoms with Crippen LogP contribution < -0.4 is 0 Å². The topological polar surface area (TPSA) is 66.3 Å². The Balaban J connectivity index is 2.37. The molecule has 1 aromatic rings. The highest BCUT2D eigenvalue weighted by molar-refractivity contribution is 5.77. The number of carbonyl (C=O) groups excluding carboxylic acids is 1. The Hall–Kier alpha value is -1.70. The van der Waals surface area contributed by atoms with Gasteiger partial charge in [0.15, 0.2) is 5.82 Å². The van der Waals surface area contributed by atoms with Crippen molar-refractivity contribution in [2.75, 3.05) is 13.2 Å². The van der Waals surface area contributed by atoms with Crippen LogP contribution in [0.15, 0.2) is 6.07 Å². The molecule has 2 rings (SSSR count). The number of hydrogen-bond donors (Lipinski definition) is 1. The van der Waals surface area contributed by atoms with Crippen LogP contribution in [0.5, 0.6) is 0 Å². The van der Waals surface area contributed by atoms with Gasteiger partial charge < -0.3 is 10.0 Å². The number of hydrogen-bond acceptors (Lipinski definition) is 4. The van der Waals surface area contributed by atoms with E-state index >= 15 is 0 Å². The maximum Gasteiger partial charge on any atom is 0.433 e. The van der Waals surface area contributed by atoms with Gasteiger partial charge in [-0.3, -0.25) is 4.79 Å². The maximum absolute atomic E-state index is 12.7. The fraction of sp³-hybridized carbons (Fsp3) is 0.583. The molecule has 1 N–H and O–H groups in total. The predicted octanol–water partition coefficient (Wildman–Crippen LogP) is 1.46. The number of aliphatic hydroxyl groups is 1. The summed E-state index contributed by atoms with van der Waals surface area (Å²) in [6.45, 7) is 1.17. The van der Waals surface area contributed by atoms with E-state index in [9.17, 15) is 18.0 Å². The monoisotopic (exact) mass is 289 g/mol. The molecule has 20 heavy (non-hydrogen) atoms. The fourth-order valence-corrected chi connectivity index (χ4v) is 2.31. The van der Waals surface area contributed by atoms with Crippen LogP contribution >= 0.6 is 0 Å². The Morgan fingerprint density at radius 2 is 2.20 bits per heavy atom. The van der Waals surface area contributed by atoms with Crippen molar-refractivity contribution in [3.05, 3.63) is 23.3 Å². The molecule has 5 nitrogen and oxygen atoms in total. The van der Waals surface area contributed by atoms with Crippen molar-refractivity contribution in [1.82, 2.24) is 14.9 Å². The number of amides is 1. The highest BCUT2D eigenvalue weighted by atomic mass is 19.4. The van der Waals surface area contributed by atoms with Gasteiger partial charge >= 0.3 is 6.18 Å². The van der Waals surface area contributed by atoms with Crippen molar-refractivity contribution in [3.8, 4) is 0 Å². The largest absolute Gasteiger partial charge is 0.433 e. The number of nitrogens with zero attached hydrogens (tertiary/aromatic N) is 3. The molecule has 0 aliphatic carbocycles. The van der Waals surface area contributed by atoms with Crippen LogP contribution in [0.4, 0.5) is 13.2 Å². The zero-order valence-corrected chi connectivity index (χ0v) is 10.8. The Morgan fingerprint density at radius 1 is 1.50 bits per heavy atom. The molecule has 1 saturated heterocycles. The van der Waals surface area contributed by atoms with Crippen LogP contribution in [0.25, 0.3) is 0 Å². The van der Waals surface area contributed by atoms with Crippen molar-refractivity contribution in [1.29, 1.82) is 0 Å². The Bertz CT molecular complexity index is 519. The van der Waals surface area contributed by atoms with Crippen molar-refractivity contribution in [3.63, 3.8) is 0 Å². The minimum Gasteiger partial charge on any atom is -0.387 e. The van der Waals surface area contributed by atoms with Gasteiger partial charge in [0.25, 0.3) is 0 Å². The lowest BCUT2D eigenvalue weighted by molar-refractivity contribution is -0.141. The molecule has 8 heteroatoms. The summed E-state index contributed by atoms with van der Waals surface area (Å²) in [5.41, 5.74) is -0.811. The first kappa shape index (κ1) is 14.7. The summed E-state index contributed by atoms with van der Waals surface area (Å²) in [6.07, 6.45) is -3.41. The minimum absolute atomic E-state index is 0.0170. The number of halogens is 3. The maximum atomic E-state index is 12.7. The van der Waals surface area contributed by atoms with Crippen LogP contribution in [-0.2, 0) is 11.0 Å². The molecule has 110 valence electrons. The number of likely N-dealkylation sites (tertiary alicyclic amines) is 1. The van der Waals surface area contributed by atoms with E-state index in [1.54, 1.807) is 0 Å². The van der Waals surface area contributed by atoms with Gasteiger partial charge in [-0.15, -0.1) is 0 Å². The van der Waals surface area contributed by atoms with Crippen LogP contribution in [-0.4, -0.2) is 39.0 Å². The normalized spacial score (nSPS) is 19.4. The second-order valence-corrected chi connectivity index (χ2v) is 4.65. The van der Waals surface area contributed by atoms with Gasteiger partial charge in [0.1, 0.15) is 12.3 Å². The molecule has 0 saturated carbocycles. The van der Waals surface area contributed by atoms with Crippen molar-refractivity contribution in [2.45, 2.75) is 32.0 Å². The smallest absolute Gasteiger partial charge is 0.387 e. The van der Waals surface area contributed by atoms with E-state index in [0.29, 0.717) is 19.4 Å². The summed E-state index contributed by atoms with van der Waals surface area (Å²) in [7, 11) is 0. The molecule has 1 aliphatic heterocycles. The number of carbonyl (C=O) groups is 1. The molecule has 0 bridgehead atoms. The lowest BCUT2D eigenvalue weighted by Gasteiger charge is -2.23. The second-order valence-electron chi connectivity index (χ2n) is 4.65. The van der Waals surface area contributed by atoms with Crippen LogP contribution in [0.1, 0.15) is 36.1 Å². The number of aliphatic hydroxyl groups excluding tert-OH is 1. The Morgan fingerprint density at radius 3 is 2.80 bits per heavy atom. The summed E-state index contributed by atoms with van der Waals surface area (Å²) >= 11 is 0. The number of aryl methyl sites for hydroxylation is 1. The van der Waals surface area contributed by atoms with Gasteiger partial charge in [-0.25, -0.2) is 9.97 Å². The molecular formula is C12H14F3N3O2. The zero-order valence-electron chi connectivity index (χ0n) is 10.8. The van der Waals surface area contributed by atoms with E-state index < -0.39 is 30.4 Å². The number of alkyl halides is 3. The first-order valence-electron chi connectivity index (χ1n) is 6.16. The Labute approximate surface area is 113 Å². The molecule has 0 radical (unpaired) electrons. The lowest BCUT2D eigenvalue weighted by Crippen LogP contribution is -2.33. The van der Waals surface area contributed by atoms with Crippen molar-refractivity contribution in [2.24, 2.45) is 0 Å². The van der Waals surface area contributed by atoms with Crippen LogP contribution in [0.2, 0.25) is 0 Å². The van der Waals surface area contributed by atoms with E-state index in [1.165, 1.54) is 11.8 Å². The van der Waals surface area contributed by atoms with Gasteiger partial charge in [-0.1, -0.05) is 0 Å². The van der Waals surface area contributed by atoms with Gasteiger partial charge in [-0.05, 0) is 25.8 Å². The summed E-state index contributed by atoms with van der Waals surface area (Å²) < 4.78 is 38.2.